The molecule has 8 nitrogen and oxygen atoms in total. The molecular formula is C22H24N3O5-. The zero-order valence-electron chi connectivity index (χ0n) is 16.6. The fourth-order valence-electron chi connectivity index (χ4n) is 5.09. The number of hydrogen-bond acceptors (Lipinski definition) is 6. The first-order chi connectivity index (χ1) is 14.5. The van der Waals surface area contributed by atoms with Crippen molar-refractivity contribution in [3.8, 4) is 5.75 Å². The van der Waals surface area contributed by atoms with Crippen LogP contribution in [0.25, 0.3) is 0 Å². The van der Waals surface area contributed by atoms with E-state index >= 15 is 0 Å². The van der Waals surface area contributed by atoms with Crippen LogP contribution in [0.5, 0.6) is 5.75 Å². The average molecular weight is 410 g/mol. The molecule has 1 saturated heterocycles. The number of hydrogen-bond donors (Lipinski definition) is 1. The van der Waals surface area contributed by atoms with Gasteiger partial charge in [0.1, 0.15) is 11.4 Å². The number of amides is 1. The van der Waals surface area contributed by atoms with Crippen molar-refractivity contribution in [3.63, 3.8) is 0 Å². The number of fused-ring (bicyclic) bond motifs is 5. The summed E-state index contributed by atoms with van der Waals surface area (Å²) in [5, 5.41) is 19.9. The highest BCUT2D eigenvalue weighted by atomic mass is 16.8. The smallest absolute Gasteiger partial charge is 0.275 e. The normalized spacial score (nSPS) is 21.6. The number of likely N-dealkylation sites (tertiary alicyclic amines) is 1. The molecule has 1 aromatic carbocycles. The van der Waals surface area contributed by atoms with Gasteiger partial charge in [0.25, 0.3) is 5.56 Å². The first-order valence-electron chi connectivity index (χ1n) is 10.4. The zero-order valence-corrected chi connectivity index (χ0v) is 16.6. The number of nitrogens with zero attached hydrogens (tertiary/aromatic N) is 3. The van der Waals surface area contributed by atoms with Crippen molar-refractivity contribution < 1.29 is 14.7 Å². The van der Waals surface area contributed by atoms with Gasteiger partial charge in [-0.3, -0.25) is 14.8 Å². The zero-order chi connectivity index (χ0) is 20.8. The number of rotatable bonds is 4. The molecule has 2 aromatic rings. The number of carbonyl (C=O) groups is 1. The lowest BCUT2D eigenvalue weighted by molar-refractivity contribution is -0.133. The quantitative estimate of drug-likeness (QED) is 0.775. The number of carbonyl (C=O) groups excluding carboxylic acids is 1. The van der Waals surface area contributed by atoms with E-state index in [1.807, 2.05) is 17.0 Å². The molecule has 2 unspecified atom stereocenters. The summed E-state index contributed by atoms with van der Waals surface area (Å²) in [6.07, 6.45) is 3.01. The average Bonchev–Trinajstić information content (AvgIpc) is 3.20. The summed E-state index contributed by atoms with van der Waals surface area (Å²) in [4.78, 5) is 27.3. The fourth-order valence-corrected chi connectivity index (χ4v) is 5.09. The molecule has 0 saturated carbocycles. The van der Waals surface area contributed by atoms with Crippen LogP contribution < -0.4 is 15.5 Å². The minimum absolute atomic E-state index is 0.0686. The predicted octanol–water partition coefficient (Wildman–Crippen LogP) is 2.06. The number of piperidine rings is 1. The van der Waals surface area contributed by atoms with E-state index in [0.717, 1.165) is 36.5 Å². The molecule has 5 rings (SSSR count). The third-order valence-electron chi connectivity index (χ3n) is 6.52. The van der Waals surface area contributed by atoms with Gasteiger partial charge in [0.2, 0.25) is 5.91 Å². The van der Waals surface area contributed by atoms with Crippen LogP contribution in [0.1, 0.15) is 35.6 Å². The SMILES string of the molecule is O=C(CCc1ccc2c(c1)CCO2)N1CC2CC(C1)c1ccc(N([O-])O)c(=O)n1C2. The minimum atomic E-state index is -0.472. The number of anilines is 1. The van der Waals surface area contributed by atoms with Gasteiger partial charge >= 0.3 is 0 Å². The molecule has 0 spiro atoms. The van der Waals surface area contributed by atoms with Gasteiger partial charge in [0, 0.05) is 44.1 Å². The molecule has 0 radical (unpaired) electrons. The van der Waals surface area contributed by atoms with Crippen LogP contribution in [0.2, 0.25) is 0 Å². The lowest BCUT2D eigenvalue weighted by Gasteiger charge is -2.43. The van der Waals surface area contributed by atoms with Gasteiger partial charge in [-0.1, -0.05) is 12.1 Å². The summed E-state index contributed by atoms with van der Waals surface area (Å²) in [6.45, 7) is 2.38. The van der Waals surface area contributed by atoms with Crippen LogP contribution in [0.3, 0.4) is 0 Å². The van der Waals surface area contributed by atoms with Gasteiger partial charge in [-0.05, 0) is 48.1 Å². The number of pyridine rings is 1. The Kier molecular flexibility index (Phi) is 4.75. The maximum Gasteiger partial charge on any atom is 0.275 e. The highest BCUT2D eigenvalue weighted by molar-refractivity contribution is 5.76. The molecule has 1 N–H and O–H groups in total. The third kappa shape index (κ3) is 3.36. The summed E-state index contributed by atoms with van der Waals surface area (Å²) >= 11 is 0. The molecule has 158 valence electrons. The predicted molar refractivity (Wildman–Crippen MR) is 110 cm³/mol. The maximum absolute atomic E-state index is 12.9. The van der Waals surface area contributed by atoms with Crippen molar-refractivity contribution in [2.45, 2.75) is 38.1 Å². The summed E-state index contributed by atoms with van der Waals surface area (Å²) in [7, 11) is 0. The Balaban J connectivity index is 1.28. The number of aromatic nitrogens is 1. The fraction of sp³-hybridized carbons (Fsp3) is 0.455. The molecule has 3 aliphatic rings. The van der Waals surface area contributed by atoms with E-state index in [1.165, 1.54) is 11.6 Å². The van der Waals surface area contributed by atoms with E-state index in [1.54, 1.807) is 10.6 Å². The molecule has 2 atom stereocenters. The second kappa shape index (κ2) is 7.45. The van der Waals surface area contributed by atoms with Crippen molar-refractivity contribution in [2.75, 3.05) is 24.9 Å². The standard InChI is InChI=1S/C22H24N3O5/c26-21(6-2-14-1-5-20-16(9-14)7-8-30-20)23-11-15-10-17(13-23)18-3-4-19(25(28)29)22(27)24(18)12-15/h1,3-5,9,15,17,28H,2,6-8,10-13H2/q-1. The molecule has 30 heavy (non-hydrogen) atoms. The van der Waals surface area contributed by atoms with E-state index in [-0.39, 0.29) is 28.7 Å². The van der Waals surface area contributed by atoms with Gasteiger partial charge in [-0.15, -0.1) is 0 Å². The van der Waals surface area contributed by atoms with Crippen molar-refractivity contribution in [1.82, 2.24) is 9.47 Å². The Labute approximate surface area is 173 Å². The lowest BCUT2D eigenvalue weighted by atomic mass is 9.83. The number of ether oxygens (including phenoxy) is 1. The van der Waals surface area contributed by atoms with Crippen LogP contribution >= 0.6 is 0 Å². The summed E-state index contributed by atoms with van der Waals surface area (Å²) in [6, 6.07) is 9.25. The van der Waals surface area contributed by atoms with Gasteiger partial charge in [-0.2, -0.15) is 0 Å². The highest BCUT2D eigenvalue weighted by Gasteiger charge is 2.36. The van der Waals surface area contributed by atoms with Crippen molar-refractivity contribution in [1.29, 1.82) is 0 Å². The summed E-state index contributed by atoms with van der Waals surface area (Å²) < 4.78 is 7.13. The van der Waals surface area contributed by atoms with Crippen molar-refractivity contribution >= 4 is 11.6 Å². The van der Waals surface area contributed by atoms with Gasteiger partial charge in [-0.25, -0.2) is 0 Å². The molecule has 1 fully saturated rings. The molecule has 8 heteroatoms. The van der Waals surface area contributed by atoms with Crippen LogP contribution in [0, 0.1) is 11.1 Å². The van der Waals surface area contributed by atoms with Gasteiger partial charge in [0.05, 0.1) is 6.61 Å². The van der Waals surface area contributed by atoms with Crippen molar-refractivity contribution in [2.24, 2.45) is 5.92 Å². The Morgan fingerprint density at radius 2 is 2.10 bits per heavy atom. The van der Waals surface area contributed by atoms with Crippen LogP contribution in [-0.2, 0) is 24.2 Å². The second-order valence-electron chi connectivity index (χ2n) is 8.47. The van der Waals surface area contributed by atoms with Crippen LogP contribution in [-0.4, -0.2) is 40.3 Å². The van der Waals surface area contributed by atoms with E-state index in [9.17, 15) is 14.8 Å². The Hall–Kier alpha value is -2.84. The molecule has 4 heterocycles. The maximum atomic E-state index is 12.9. The minimum Gasteiger partial charge on any atom is -0.733 e. The molecule has 2 bridgehead atoms. The van der Waals surface area contributed by atoms with Crippen LogP contribution in [0.15, 0.2) is 35.1 Å². The largest absolute Gasteiger partial charge is 0.733 e. The number of benzene rings is 1. The van der Waals surface area contributed by atoms with E-state index in [2.05, 4.69) is 6.07 Å². The first-order valence-corrected chi connectivity index (χ1v) is 10.4. The molecular weight excluding hydrogens is 386 g/mol. The monoisotopic (exact) mass is 410 g/mol. The van der Waals surface area contributed by atoms with Gasteiger partial charge in [0.15, 0.2) is 0 Å². The number of aryl methyl sites for hydroxylation is 1. The van der Waals surface area contributed by atoms with Crippen LogP contribution in [0.4, 0.5) is 5.69 Å². The highest BCUT2D eigenvalue weighted by Crippen LogP contribution is 2.36. The van der Waals surface area contributed by atoms with Crippen molar-refractivity contribution in [3.05, 3.63) is 62.7 Å². The Morgan fingerprint density at radius 3 is 2.93 bits per heavy atom. The Bertz CT molecular complexity index is 1050. The molecule has 1 aromatic heterocycles. The summed E-state index contributed by atoms with van der Waals surface area (Å²) in [5.74, 6) is 1.32. The van der Waals surface area contributed by atoms with E-state index in [4.69, 9.17) is 9.94 Å². The second-order valence-corrected chi connectivity index (χ2v) is 8.47. The molecule has 0 aliphatic carbocycles. The lowest BCUT2D eigenvalue weighted by Crippen LogP contribution is -2.49. The Morgan fingerprint density at radius 1 is 1.23 bits per heavy atom. The van der Waals surface area contributed by atoms with E-state index < -0.39 is 5.56 Å². The van der Waals surface area contributed by atoms with Gasteiger partial charge < -0.3 is 24.6 Å². The first kappa shape index (κ1) is 19.1. The molecule has 3 aliphatic heterocycles. The topological polar surface area (TPSA) is 98.1 Å². The third-order valence-corrected chi connectivity index (χ3v) is 6.52. The summed E-state index contributed by atoms with van der Waals surface area (Å²) in [5.41, 5.74) is 2.46. The van der Waals surface area contributed by atoms with E-state index in [0.29, 0.717) is 32.5 Å². The molecule has 1 amide bonds.